The smallest absolute Gasteiger partial charge is 0.408 e. The van der Waals surface area contributed by atoms with E-state index in [9.17, 15) is 17.6 Å². The van der Waals surface area contributed by atoms with Gasteiger partial charge in [0.05, 0.1) is 0 Å². The van der Waals surface area contributed by atoms with Crippen molar-refractivity contribution >= 4 is 0 Å². The number of aromatic nitrogens is 3. The number of halogens is 4. The number of likely N-dealkylation sites (tertiary alicyclic amines) is 1. The Labute approximate surface area is 164 Å². The highest BCUT2D eigenvalue weighted by Gasteiger charge is 2.42. The van der Waals surface area contributed by atoms with Crippen LogP contribution in [0, 0.1) is 35.0 Å². The maximum atomic E-state index is 13.4. The van der Waals surface area contributed by atoms with Gasteiger partial charge in [0.2, 0.25) is 0 Å². The van der Waals surface area contributed by atoms with Crippen LogP contribution in [0.5, 0.6) is 11.8 Å². The summed E-state index contributed by atoms with van der Waals surface area (Å²) in [6.07, 6.45) is 0.0930. The Balaban J connectivity index is 1.56. The lowest BCUT2D eigenvalue weighted by atomic mass is 9.83. The molecule has 1 saturated heterocycles. The van der Waals surface area contributed by atoms with Gasteiger partial charge in [-0.25, -0.2) is 9.07 Å². The number of nitrogens with zero attached hydrogens (tertiary/aromatic N) is 5. The van der Waals surface area contributed by atoms with Gasteiger partial charge in [-0.2, -0.15) is 28.5 Å². The van der Waals surface area contributed by atoms with Crippen LogP contribution in [-0.4, -0.2) is 38.9 Å². The van der Waals surface area contributed by atoms with Crippen LogP contribution in [0.1, 0.15) is 18.7 Å². The van der Waals surface area contributed by atoms with Crippen LogP contribution in [0.4, 0.5) is 17.6 Å². The normalized spacial score (nSPS) is 23.8. The molecule has 0 amide bonds. The molecule has 1 aliphatic carbocycles. The summed E-state index contributed by atoms with van der Waals surface area (Å²) < 4.78 is 58.4. The maximum Gasteiger partial charge on any atom is 0.408 e. The molecule has 2 aromatic rings. The molecule has 0 spiro atoms. The number of fused-ring (bicyclic) bond motifs is 2. The Morgan fingerprint density at radius 1 is 1.21 bits per heavy atom. The zero-order valence-corrected chi connectivity index (χ0v) is 15.4. The summed E-state index contributed by atoms with van der Waals surface area (Å²) in [5, 5.41) is 13.2. The van der Waals surface area contributed by atoms with Crippen molar-refractivity contribution < 1.29 is 22.3 Å². The van der Waals surface area contributed by atoms with Crippen LogP contribution >= 0.6 is 0 Å². The topological polar surface area (TPSA) is 67.0 Å². The number of alkyl halides is 3. The van der Waals surface area contributed by atoms with Crippen LogP contribution in [0.3, 0.4) is 0 Å². The first-order valence-corrected chi connectivity index (χ1v) is 9.39. The molecule has 154 valence electrons. The molecular weight excluding hydrogens is 390 g/mol. The largest absolute Gasteiger partial charge is 0.424 e. The molecule has 4 rings (SSSR count). The van der Waals surface area contributed by atoms with E-state index in [-0.39, 0.29) is 23.5 Å². The van der Waals surface area contributed by atoms with E-state index < -0.39 is 18.5 Å². The highest BCUT2D eigenvalue weighted by Crippen LogP contribution is 2.43. The highest BCUT2D eigenvalue weighted by atomic mass is 19.4. The second kappa shape index (κ2) is 7.54. The van der Waals surface area contributed by atoms with E-state index in [0.717, 1.165) is 18.9 Å². The van der Waals surface area contributed by atoms with Gasteiger partial charge in [-0.3, -0.25) is 0 Å². The molecule has 2 aliphatic rings. The standard InChI is InChI=1S/C19H19F4N5O/c20-14-2-1-3-15(6-14)29-18-25-17(26-28(18)10-19(21,22)23)7-16-12-4-5-13(16)9-27(8-12)11-24/h1-3,6,12-13,16H,4-5,7-10H2. The van der Waals surface area contributed by atoms with Gasteiger partial charge in [-0.1, -0.05) is 6.07 Å². The zero-order chi connectivity index (χ0) is 20.6. The van der Waals surface area contributed by atoms with Gasteiger partial charge in [0.1, 0.15) is 18.1 Å². The fourth-order valence-corrected chi connectivity index (χ4v) is 4.40. The lowest BCUT2D eigenvalue weighted by Gasteiger charge is -2.34. The molecule has 2 heterocycles. The molecule has 1 aliphatic heterocycles. The molecule has 0 radical (unpaired) electrons. The van der Waals surface area contributed by atoms with Crippen LogP contribution in [-0.2, 0) is 13.0 Å². The summed E-state index contributed by atoms with van der Waals surface area (Å²) in [6, 6.07) is 4.81. The first-order chi connectivity index (χ1) is 13.8. The minimum Gasteiger partial charge on any atom is -0.424 e. The third-order valence-electron chi connectivity index (χ3n) is 5.60. The summed E-state index contributed by atoms with van der Waals surface area (Å²) in [5.41, 5.74) is 0. The second-order valence-corrected chi connectivity index (χ2v) is 7.61. The highest BCUT2D eigenvalue weighted by molar-refractivity contribution is 5.25. The van der Waals surface area contributed by atoms with E-state index in [2.05, 4.69) is 16.3 Å². The third kappa shape index (κ3) is 4.44. The summed E-state index contributed by atoms with van der Waals surface area (Å²) >= 11 is 0. The second-order valence-electron chi connectivity index (χ2n) is 7.61. The molecule has 1 aromatic carbocycles. The third-order valence-corrected chi connectivity index (χ3v) is 5.60. The Bertz CT molecular complexity index is 908. The van der Waals surface area contributed by atoms with Crippen LogP contribution in [0.25, 0.3) is 0 Å². The molecule has 2 unspecified atom stereocenters. The van der Waals surface area contributed by atoms with Crippen molar-refractivity contribution in [1.82, 2.24) is 19.7 Å². The molecule has 29 heavy (non-hydrogen) atoms. The van der Waals surface area contributed by atoms with Gasteiger partial charge in [0, 0.05) is 25.6 Å². The minimum atomic E-state index is -4.50. The molecule has 1 aromatic heterocycles. The molecular formula is C19H19F4N5O. The first kappa shape index (κ1) is 19.5. The van der Waals surface area contributed by atoms with Crippen molar-refractivity contribution in [2.24, 2.45) is 17.8 Å². The molecule has 0 N–H and O–H groups in total. The monoisotopic (exact) mass is 409 g/mol. The Morgan fingerprint density at radius 3 is 2.55 bits per heavy atom. The van der Waals surface area contributed by atoms with Gasteiger partial charge < -0.3 is 9.64 Å². The van der Waals surface area contributed by atoms with Crippen molar-refractivity contribution in [3.63, 3.8) is 0 Å². The SMILES string of the molecule is N#CN1CC2CCC(C1)C2Cc1nc(Oc2cccc(F)c2)n(CC(F)(F)F)n1. The number of nitriles is 1. The predicted molar refractivity (Wildman–Crippen MR) is 93.1 cm³/mol. The lowest BCUT2D eigenvalue weighted by molar-refractivity contribution is -0.143. The summed E-state index contributed by atoms with van der Waals surface area (Å²) in [5.74, 6) is 0.586. The molecule has 1 saturated carbocycles. The first-order valence-electron chi connectivity index (χ1n) is 9.39. The molecule has 2 atom stereocenters. The van der Waals surface area contributed by atoms with E-state index in [0.29, 0.717) is 36.0 Å². The zero-order valence-electron chi connectivity index (χ0n) is 15.4. The fraction of sp³-hybridized carbons (Fsp3) is 0.526. The molecule has 2 bridgehead atoms. The number of hydrogen-bond donors (Lipinski definition) is 0. The quantitative estimate of drug-likeness (QED) is 0.556. The number of benzene rings is 1. The number of piperidine rings is 1. The van der Waals surface area contributed by atoms with Crippen LogP contribution in [0.2, 0.25) is 0 Å². The van der Waals surface area contributed by atoms with E-state index in [4.69, 9.17) is 10.00 Å². The van der Waals surface area contributed by atoms with Gasteiger partial charge in [-0.05, 0) is 42.7 Å². The molecule has 6 nitrogen and oxygen atoms in total. The molecule has 2 fully saturated rings. The van der Waals surface area contributed by atoms with Gasteiger partial charge in [-0.15, -0.1) is 0 Å². The summed E-state index contributed by atoms with van der Waals surface area (Å²) in [4.78, 5) is 5.92. The minimum absolute atomic E-state index is 0.0507. The summed E-state index contributed by atoms with van der Waals surface area (Å²) in [7, 11) is 0. The van der Waals surface area contributed by atoms with Crippen molar-refractivity contribution in [1.29, 1.82) is 5.26 Å². The van der Waals surface area contributed by atoms with E-state index in [1.165, 1.54) is 18.2 Å². The average molecular weight is 409 g/mol. The Kier molecular flexibility index (Phi) is 5.06. The number of rotatable bonds is 5. The van der Waals surface area contributed by atoms with Crippen molar-refractivity contribution in [2.45, 2.75) is 32.0 Å². The van der Waals surface area contributed by atoms with Gasteiger partial charge >= 0.3 is 12.2 Å². The van der Waals surface area contributed by atoms with E-state index >= 15 is 0 Å². The van der Waals surface area contributed by atoms with Crippen LogP contribution in [0.15, 0.2) is 24.3 Å². The number of ether oxygens (including phenoxy) is 1. The van der Waals surface area contributed by atoms with E-state index in [1.54, 1.807) is 4.90 Å². The average Bonchev–Trinajstić information content (AvgIpc) is 3.09. The lowest BCUT2D eigenvalue weighted by Crippen LogP contribution is -2.40. The van der Waals surface area contributed by atoms with Crippen LogP contribution < -0.4 is 4.74 Å². The maximum absolute atomic E-state index is 13.4. The fourth-order valence-electron chi connectivity index (χ4n) is 4.40. The number of hydrogen-bond acceptors (Lipinski definition) is 5. The van der Waals surface area contributed by atoms with Crippen molar-refractivity contribution in [3.8, 4) is 18.0 Å². The Hall–Kier alpha value is -2.83. The summed E-state index contributed by atoms with van der Waals surface area (Å²) in [6.45, 7) is -0.0223. The predicted octanol–water partition coefficient (Wildman–Crippen LogP) is 3.75. The Morgan fingerprint density at radius 2 is 1.93 bits per heavy atom. The van der Waals surface area contributed by atoms with Gasteiger partial charge in [0.25, 0.3) is 0 Å². The van der Waals surface area contributed by atoms with Gasteiger partial charge in [0.15, 0.2) is 12.0 Å². The van der Waals surface area contributed by atoms with Crippen molar-refractivity contribution in [2.75, 3.05) is 13.1 Å². The van der Waals surface area contributed by atoms with Crippen molar-refractivity contribution in [3.05, 3.63) is 35.9 Å². The van der Waals surface area contributed by atoms with E-state index in [1.807, 2.05) is 0 Å². The molecule has 10 heteroatoms.